The zero-order valence-corrected chi connectivity index (χ0v) is 13.9. The first kappa shape index (κ1) is 14.9. The molecule has 3 heteroatoms. The summed E-state index contributed by atoms with van der Waals surface area (Å²) in [6, 6.07) is 6.80. The predicted molar refractivity (Wildman–Crippen MR) is 87.3 cm³/mol. The van der Waals surface area contributed by atoms with Crippen LogP contribution in [0.25, 0.3) is 0 Å². The van der Waals surface area contributed by atoms with Gasteiger partial charge in [-0.15, -0.1) is 0 Å². The molecule has 1 aromatic carbocycles. The third kappa shape index (κ3) is 3.96. The van der Waals surface area contributed by atoms with Gasteiger partial charge in [-0.05, 0) is 24.5 Å². The van der Waals surface area contributed by atoms with Crippen LogP contribution in [0.5, 0.6) is 0 Å². The van der Waals surface area contributed by atoms with Crippen molar-refractivity contribution in [3.05, 3.63) is 29.3 Å². The van der Waals surface area contributed by atoms with Crippen molar-refractivity contribution in [2.75, 3.05) is 37.6 Å². The molecule has 0 N–H and O–H groups in total. The van der Waals surface area contributed by atoms with Crippen molar-refractivity contribution in [2.24, 2.45) is 5.92 Å². The average molecular weight is 325 g/mol. The molecule has 0 unspecified atom stereocenters. The molecule has 106 valence electrons. The third-order valence-electron chi connectivity index (χ3n) is 3.72. The standard InChI is InChI=1S/C16H25BrN2/c1-13(2)12-18-6-8-19(9-7-18)16-5-4-14(3)10-15(16)11-17/h4-5,10,13H,6-9,11-12H2,1-3H3. The van der Waals surface area contributed by atoms with Crippen LogP contribution in [0.2, 0.25) is 0 Å². The van der Waals surface area contributed by atoms with Gasteiger partial charge in [0, 0.05) is 43.7 Å². The first-order chi connectivity index (χ1) is 9.10. The zero-order chi connectivity index (χ0) is 13.8. The van der Waals surface area contributed by atoms with Crippen molar-refractivity contribution in [1.82, 2.24) is 4.90 Å². The van der Waals surface area contributed by atoms with Gasteiger partial charge in [-0.1, -0.05) is 47.5 Å². The number of nitrogens with zero attached hydrogens (tertiary/aromatic N) is 2. The number of piperazine rings is 1. The predicted octanol–water partition coefficient (Wildman–Crippen LogP) is 3.67. The molecule has 0 aromatic heterocycles. The Kier molecular flexibility index (Phi) is 5.28. The Morgan fingerprint density at radius 2 is 1.84 bits per heavy atom. The zero-order valence-electron chi connectivity index (χ0n) is 12.3. The SMILES string of the molecule is Cc1ccc(N2CCN(CC(C)C)CC2)c(CBr)c1. The van der Waals surface area contributed by atoms with Crippen molar-refractivity contribution in [2.45, 2.75) is 26.1 Å². The lowest BCUT2D eigenvalue weighted by Crippen LogP contribution is -2.47. The van der Waals surface area contributed by atoms with E-state index in [0.29, 0.717) is 0 Å². The number of halogens is 1. The van der Waals surface area contributed by atoms with Gasteiger partial charge >= 0.3 is 0 Å². The Hall–Kier alpha value is -0.540. The Labute approximate surface area is 125 Å². The Balaban J connectivity index is 2.01. The maximum atomic E-state index is 3.62. The molecule has 0 aliphatic carbocycles. The highest BCUT2D eigenvalue weighted by atomic mass is 79.9. The van der Waals surface area contributed by atoms with E-state index in [1.165, 1.54) is 36.4 Å². The number of anilines is 1. The summed E-state index contributed by atoms with van der Waals surface area (Å²) in [5.41, 5.74) is 4.17. The molecule has 0 spiro atoms. The van der Waals surface area contributed by atoms with Crippen molar-refractivity contribution < 1.29 is 0 Å². The van der Waals surface area contributed by atoms with E-state index in [1.807, 2.05) is 0 Å². The summed E-state index contributed by atoms with van der Waals surface area (Å²) in [5, 5.41) is 0.941. The van der Waals surface area contributed by atoms with Gasteiger partial charge in [0.15, 0.2) is 0 Å². The molecule has 0 radical (unpaired) electrons. The average Bonchev–Trinajstić information content (AvgIpc) is 2.39. The summed E-state index contributed by atoms with van der Waals surface area (Å²) >= 11 is 3.62. The van der Waals surface area contributed by atoms with Crippen LogP contribution in [0.3, 0.4) is 0 Å². The molecule has 0 amide bonds. The third-order valence-corrected chi connectivity index (χ3v) is 4.32. The van der Waals surface area contributed by atoms with Gasteiger partial charge in [0.05, 0.1) is 0 Å². The lowest BCUT2D eigenvalue weighted by Gasteiger charge is -2.37. The molecule has 2 rings (SSSR count). The van der Waals surface area contributed by atoms with E-state index in [2.05, 4.69) is 64.7 Å². The molecule has 2 nitrogen and oxygen atoms in total. The molecule has 19 heavy (non-hydrogen) atoms. The van der Waals surface area contributed by atoms with Gasteiger partial charge in [0.25, 0.3) is 0 Å². The molecule has 1 aliphatic rings. The van der Waals surface area contributed by atoms with Crippen LogP contribution in [0.1, 0.15) is 25.0 Å². The van der Waals surface area contributed by atoms with Crippen LogP contribution in [0.15, 0.2) is 18.2 Å². The number of hydrogen-bond acceptors (Lipinski definition) is 2. The molecule has 1 saturated heterocycles. The van der Waals surface area contributed by atoms with E-state index in [1.54, 1.807) is 0 Å². The lowest BCUT2D eigenvalue weighted by atomic mass is 10.1. The Morgan fingerprint density at radius 3 is 2.42 bits per heavy atom. The summed E-state index contributed by atoms with van der Waals surface area (Å²) in [6.45, 7) is 12.7. The molecule has 1 aromatic rings. The van der Waals surface area contributed by atoms with E-state index < -0.39 is 0 Å². The fraction of sp³-hybridized carbons (Fsp3) is 0.625. The molecular formula is C16H25BrN2. The van der Waals surface area contributed by atoms with Gasteiger partial charge in [0.2, 0.25) is 0 Å². The summed E-state index contributed by atoms with van der Waals surface area (Å²) in [4.78, 5) is 5.12. The fourth-order valence-corrected chi connectivity index (χ4v) is 3.27. The number of rotatable bonds is 4. The summed E-state index contributed by atoms with van der Waals surface area (Å²) in [7, 11) is 0. The highest BCUT2D eigenvalue weighted by Crippen LogP contribution is 2.25. The monoisotopic (exact) mass is 324 g/mol. The van der Waals surface area contributed by atoms with Gasteiger partial charge in [-0.2, -0.15) is 0 Å². The van der Waals surface area contributed by atoms with Crippen molar-refractivity contribution in [1.29, 1.82) is 0 Å². The van der Waals surface area contributed by atoms with Crippen molar-refractivity contribution in [3.8, 4) is 0 Å². The maximum Gasteiger partial charge on any atom is 0.0408 e. The highest BCUT2D eigenvalue weighted by Gasteiger charge is 2.19. The minimum Gasteiger partial charge on any atom is -0.369 e. The second-order valence-electron chi connectivity index (χ2n) is 5.95. The topological polar surface area (TPSA) is 6.48 Å². The number of hydrogen-bond donors (Lipinski definition) is 0. The summed E-state index contributed by atoms with van der Waals surface area (Å²) < 4.78 is 0. The van der Waals surface area contributed by atoms with Crippen LogP contribution in [-0.2, 0) is 5.33 Å². The fourth-order valence-electron chi connectivity index (χ4n) is 2.82. The van der Waals surface area contributed by atoms with Crippen molar-refractivity contribution >= 4 is 21.6 Å². The normalized spacial score (nSPS) is 17.2. The maximum absolute atomic E-state index is 3.62. The van der Waals surface area contributed by atoms with Gasteiger partial charge in [-0.3, -0.25) is 4.90 Å². The van der Waals surface area contributed by atoms with E-state index in [-0.39, 0.29) is 0 Å². The van der Waals surface area contributed by atoms with Gasteiger partial charge in [0.1, 0.15) is 0 Å². The first-order valence-corrected chi connectivity index (χ1v) is 8.35. The Bertz CT molecular complexity index is 409. The summed E-state index contributed by atoms with van der Waals surface area (Å²) in [5.74, 6) is 0.768. The lowest BCUT2D eigenvalue weighted by molar-refractivity contribution is 0.231. The summed E-state index contributed by atoms with van der Waals surface area (Å²) in [6.07, 6.45) is 0. The first-order valence-electron chi connectivity index (χ1n) is 7.23. The van der Waals surface area contributed by atoms with E-state index in [4.69, 9.17) is 0 Å². The number of aryl methyl sites for hydroxylation is 1. The highest BCUT2D eigenvalue weighted by molar-refractivity contribution is 9.08. The molecule has 0 saturated carbocycles. The second-order valence-corrected chi connectivity index (χ2v) is 6.51. The number of benzene rings is 1. The van der Waals surface area contributed by atoms with E-state index >= 15 is 0 Å². The van der Waals surface area contributed by atoms with Gasteiger partial charge < -0.3 is 4.90 Å². The van der Waals surface area contributed by atoms with E-state index in [9.17, 15) is 0 Å². The molecule has 1 heterocycles. The Morgan fingerprint density at radius 1 is 1.16 bits per heavy atom. The van der Waals surface area contributed by atoms with Crippen LogP contribution >= 0.6 is 15.9 Å². The van der Waals surface area contributed by atoms with Crippen LogP contribution < -0.4 is 4.90 Å². The van der Waals surface area contributed by atoms with Crippen molar-refractivity contribution in [3.63, 3.8) is 0 Å². The van der Waals surface area contributed by atoms with Gasteiger partial charge in [-0.25, -0.2) is 0 Å². The molecule has 1 aliphatic heterocycles. The van der Waals surface area contributed by atoms with Crippen LogP contribution in [0, 0.1) is 12.8 Å². The largest absolute Gasteiger partial charge is 0.369 e. The minimum absolute atomic E-state index is 0.768. The molecular weight excluding hydrogens is 300 g/mol. The van der Waals surface area contributed by atoms with Crippen LogP contribution in [-0.4, -0.2) is 37.6 Å². The molecule has 0 bridgehead atoms. The quantitative estimate of drug-likeness (QED) is 0.780. The molecule has 1 fully saturated rings. The number of alkyl halides is 1. The van der Waals surface area contributed by atoms with E-state index in [0.717, 1.165) is 24.3 Å². The molecule has 0 atom stereocenters. The smallest absolute Gasteiger partial charge is 0.0408 e. The van der Waals surface area contributed by atoms with Crippen LogP contribution in [0.4, 0.5) is 5.69 Å². The minimum atomic E-state index is 0.768. The second kappa shape index (κ2) is 6.76.